The van der Waals surface area contributed by atoms with E-state index >= 15 is 0 Å². The van der Waals surface area contributed by atoms with Gasteiger partial charge in [0.15, 0.2) is 26.6 Å². The van der Waals surface area contributed by atoms with Gasteiger partial charge >= 0.3 is 17.9 Å². The van der Waals surface area contributed by atoms with Crippen LogP contribution < -0.4 is 0 Å². The summed E-state index contributed by atoms with van der Waals surface area (Å²) in [5.74, 6) is -2.06. The summed E-state index contributed by atoms with van der Waals surface area (Å²) in [6.07, 6.45) is -2.81. The minimum absolute atomic E-state index is 0.0892. The Morgan fingerprint density at radius 1 is 0.733 bits per heavy atom. The van der Waals surface area contributed by atoms with Gasteiger partial charge in [0.25, 0.3) is 5.69 Å². The number of hydrogen-bond acceptors (Lipinski definition) is 9. The zero-order chi connectivity index (χ0) is 32.9. The number of halogens is 1. The molecule has 3 aromatic rings. The van der Waals surface area contributed by atoms with Crippen molar-refractivity contribution in [2.45, 2.75) is 63.3 Å². The molecule has 0 fully saturated rings. The summed E-state index contributed by atoms with van der Waals surface area (Å²) < 4.78 is 25.3. The van der Waals surface area contributed by atoms with Crippen LogP contribution in [0.15, 0.2) is 94.6 Å². The van der Waals surface area contributed by atoms with Crippen LogP contribution in [-0.4, -0.2) is 55.6 Å². The molecular formula is C33H34INO9Si. The summed E-state index contributed by atoms with van der Waals surface area (Å²) in [5, 5.41) is 10.8. The Balaban J connectivity index is 1.77. The van der Waals surface area contributed by atoms with Crippen LogP contribution in [0, 0.1) is 10.1 Å². The topological polar surface area (TPSA) is 131 Å². The zero-order valence-corrected chi connectivity index (χ0v) is 28.6. The van der Waals surface area contributed by atoms with Crippen LogP contribution in [0.4, 0.5) is 5.69 Å². The molecule has 0 unspecified atom stereocenters. The van der Waals surface area contributed by atoms with E-state index in [1.165, 1.54) is 24.3 Å². The first-order chi connectivity index (χ1) is 21.2. The number of nitrogens with zero attached hydrogens (tertiary/aromatic N) is 1. The number of carbonyl (C=O) groups is 3. The van der Waals surface area contributed by atoms with Gasteiger partial charge in [-0.1, -0.05) is 57.2 Å². The van der Waals surface area contributed by atoms with Crippen molar-refractivity contribution in [1.82, 2.24) is 0 Å². The van der Waals surface area contributed by atoms with Gasteiger partial charge in [-0.05, 0) is 83.2 Å². The number of esters is 3. The third-order valence-electron chi connectivity index (χ3n) is 7.83. The van der Waals surface area contributed by atoms with Crippen molar-refractivity contribution in [2.24, 2.45) is 0 Å². The summed E-state index contributed by atoms with van der Waals surface area (Å²) in [5.41, 5.74) is 0.503. The molecule has 0 radical (unpaired) electrons. The van der Waals surface area contributed by atoms with Gasteiger partial charge in [0.1, 0.15) is 6.10 Å². The lowest BCUT2D eigenvalue weighted by Crippen LogP contribution is -2.58. The van der Waals surface area contributed by atoms with Gasteiger partial charge < -0.3 is 18.6 Å². The third kappa shape index (κ3) is 8.24. The number of rotatable bonds is 9. The summed E-state index contributed by atoms with van der Waals surface area (Å²) in [4.78, 5) is 50.6. The highest BCUT2D eigenvalue weighted by Gasteiger charge is 2.51. The number of carbonyl (C=O) groups excluding carboxylic acids is 3. The largest absolute Gasteiger partial charge is 0.452 e. The second-order valence-electron chi connectivity index (χ2n) is 12.0. The molecule has 0 saturated heterocycles. The molecule has 3 aromatic carbocycles. The lowest BCUT2D eigenvalue weighted by Gasteiger charge is -2.45. The fourth-order valence-electron chi connectivity index (χ4n) is 4.30. The molecule has 0 aromatic heterocycles. The van der Waals surface area contributed by atoms with E-state index in [9.17, 15) is 24.5 Å². The molecule has 236 valence electrons. The van der Waals surface area contributed by atoms with Crippen LogP contribution in [0.3, 0.4) is 0 Å². The number of nitro groups is 1. The molecule has 4 rings (SSSR count). The first kappa shape index (κ1) is 34.0. The van der Waals surface area contributed by atoms with Gasteiger partial charge in [0, 0.05) is 15.7 Å². The number of ether oxygens (including phenoxy) is 3. The van der Waals surface area contributed by atoms with Crippen molar-refractivity contribution in [3.8, 4) is 0 Å². The maximum absolute atomic E-state index is 13.4. The number of hydrogen-bond donors (Lipinski definition) is 0. The zero-order valence-electron chi connectivity index (χ0n) is 25.5. The van der Waals surface area contributed by atoms with Gasteiger partial charge in [0.05, 0.1) is 21.6 Å². The monoisotopic (exact) mass is 743 g/mol. The second-order valence-corrected chi connectivity index (χ2v) is 18.0. The van der Waals surface area contributed by atoms with E-state index in [2.05, 4.69) is 0 Å². The third-order valence-corrected chi connectivity index (χ3v) is 13.3. The Morgan fingerprint density at radius 2 is 1.20 bits per heavy atom. The molecule has 0 amide bonds. The molecule has 1 aliphatic rings. The van der Waals surface area contributed by atoms with E-state index < -0.39 is 55.6 Å². The van der Waals surface area contributed by atoms with E-state index in [1.807, 2.05) is 56.5 Å². The second kappa shape index (κ2) is 14.0. The van der Waals surface area contributed by atoms with Gasteiger partial charge in [-0.2, -0.15) is 0 Å². The van der Waals surface area contributed by atoms with Crippen molar-refractivity contribution in [3.05, 3.63) is 121 Å². The first-order valence-electron chi connectivity index (χ1n) is 14.2. The van der Waals surface area contributed by atoms with E-state index in [1.54, 1.807) is 66.7 Å². The first-order valence-corrected chi connectivity index (χ1v) is 18.2. The molecule has 0 spiro atoms. The lowest BCUT2D eigenvalue weighted by molar-refractivity contribution is -0.384. The number of nitro benzene ring substituents is 1. The number of benzene rings is 3. The van der Waals surface area contributed by atoms with Gasteiger partial charge in [0.2, 0.25) is 0 Å². The average Bonchev–Trinajstić information content (AvgIpc) is 3.00. The van der Waals surface area contributed by atoms with E-state index in [4.69, 9.17) is 18.6 Å². The van der Waals surface area contributed by atoms with Crippen molar-refractivity contribution in [3.63, 3.8) is 0 Å². The fraction of sp³-hybridized carbons (Fsp3) is 0.303. The highest BCUT2D eigenvalue weighted by atomic mass is 127. The predicted octanol–water partition coefficient (Wildman–Crippen LogP) is 7.29. The molecule has 0 N–H and O–H groups in total. The molecule has 4 atom stereocenters. The van der Waals surface area contributed by atoms with Gasteiger partial charge in [-0.15, -0.1) is 0 Å². The highest BCUT2D eigenvalue weighted by Crippen LogP contribution is 2.42. The minimum Gasteiger partial charge on any atom is -0.452 e. The fourth-order valence-corrected chi connectivity index (χ4v) is 6.43. The Hall–Kier alpha value is -3.88. The lowest BCUT2D eigenvalue weighted by atomic mass is 9.95. The molecule has 0 saturated carbocycles. The van der Waals surface area contributed by atoms with E-state index in [0.717, 1.165) is 0 Å². The summed E-state index contributed by atoms with van der Waals surface area (Å²) in [7, 11) is -2.65. The van der Waals surface area contributed by atoms with Crippen LogP contribution in [0.5, 0.6) is 0 Å². The van der Waals surface area contributed by atoms with Crippen LogP contribution in [0.25, 0.3) is 0 Å². The Bertz CT molecular complexity index is 1570. The van der Waals surface area contributed by atoms with Crippen molar-refractivity contribution in [2.75, 3.05) is 0 Å². The summed E-state index contributed by atoms with van der Waals surface area (Å²) in [6, 6.07) is 21.8. The molecule has 45 heavy (non-hydrogen) atoms. The molecule has 0 bridgehead atoms. The maximum Gasteiger partial charge on any atom is 0.338 e. The van der Waals surface area contributed by atoms with Crippen LogP contribution in [0.1, 0.15) is 51.8 Å². The standard InChI is InChI=1S/C33H34INO9Si/c1-33(2,3)45(4,5)44-29-27(42-32(38)23-16-18-24(19-17-23)35(39)40)25(34)20-26(41-30(36)21-12-8-6-9-13-21)28(29)43-31(37)22-14-10-7-11-15-22/h6-20,26-29H,1-5H3/t26-,27-,28+,29+/m0/s1. The average molecular weight is 744 g/mol. The van der Waals surface area contributed by atoms with Crippen molar-refractivity contribution in [1.29, 1.82) is 0 Å². The molecular weight excluding hydrogens is 709 g/mol. The van der Waals surface area contributed by atoms with Gasteiger partial charge in [-0.3, -0.25) is 10.1 Å². The highest BCUT2D eigenvalue weighted by molar-refractivity contribution is 14.1. The van der Waals surface area contributed by atoms with Crippen molar-refractivity contribution < 1.29 is 37.9 Å². The van der Waals surface area contributed by atoms with Gasteiger partial charge in [-0.25, -0.2) is 14.4 Å². The Labute approximate surface area is 276 Å². The quantitative estimate of drug-likeness (QED) is 0.0554. The van der Waals surface area contributed by atoms with Crippen LogP contribution in [0.2, 0.25) is 18.1 Å². The minimum atomic E-state index is -2.65. The Kier molecular flexibility index (Phi) is 10.6. The van der Waals surface area contributed by atoms with Crippen LogP contribution in [-0.2, 0) is 18.6 Å². The summed E-state index contributed by atoms with van der Waals surface area (Å²) in [6.45, 7) is 10.1. The molecule has 12 heteroatoms. The Morgan fingerprint density at radius 3 is 1.69 bits per heavy atom. The number of non-ortho nitro benzene ring substituents is 1. The smallest absolute Gasteiger partial charge is 0.338 e. The SMILES string of the molecule is CC(C)(C)[Si](C)(C)O[C@H]1[C@H](OC(=O)c2ccccc2)[C@@H](OC(=O)c2ccccc2)C=C(I)[C@@H]1OC(=O)c1ccc([N+](=O)[O-])cc1. The summed E-state index contributed by atoms with van der Waals surface area (Å²) >= 11 is 2.00. The molecule has 0 aliphatic heterocycles. The van der Waals surface area contributed by atoms with E-state index in [-0.39, 0.29) is 21.9 Å². The molecule has 0 heterocycles. The molecule has 10 nitrogen and oxygen atoms in total. The normalized spacial score (nSPS) is 20.0. The molecule has 1 aliphatic carbocycles. The maximum atomic E-state index is 13.4. The van der Waals surface area contributed by atoms with Crippen LogP contribution >= 0.6 is 22.6 Å². The van der Waals surface area contributed by atoms with Crippen molar-refractivity contribution >= 4 is 54.5 Å². The van der Waals surface area contributed by atoms with E-state index in [0.29, 0.717) is 9.14 Å². The predicted molar refractivity (Wildman–Crippen MR) is 178 cm³/mol.